The number of rotatable bonds is 5. The molecule has 0 aliphatic heterocycles. The Balaban J connectivity index is 2.10. The second-order valence-electron chi connectivity index (χ2n) is 4.44. The van der Waals surface area contributed by atoms with Crippen LogP contribution in [0.4, 0.5) is 0 Å². The van der Waals surface area contributed by atoms with Gasteiger partial charge >= 0.3 is 0 Å². The van der Waals surface area contributed by atoms with Crippen molar-refractivity contribution >= 4 is 50.6 Å². The zero-order valence-corrected chi connectivity index (χ0v) is 16.2. The molecule has 1 amide bonds. The van der Waals surface area contributed by atoms with Crippen LogP contribution < -0.4 is 14.9 Å². The summed E-state index contributed by atoms with van der Waals surface area (Å²) in [4.78, 5) is 12.0. The highest BCUT2D eigenvalue weighted by molar-refractivity contribution is 14.1. The topological polar surface area (TPSA) is 59.9 Å². The van der Waals surface area contributed by atoms with E-state index in [2.05, 4.69) is 49.0 Å². The van der Waals surface area contributed by atoms with E-state index in [9.17, 15) is 4.79 Å². The molecular formula is C16H14BrIN2O3. The van der Waals surface area contributed by atoms with Crippen LogP contribution in [-0.4, -0.2) is 26.3 Å². The minimum atomic E-state index is -0.274. The first-order chi connectivity index (χ1) is 11.0. The average molecular weight is 489 g/mol. The van der Waals surface area contributed by atoms with Gasteiger partial charge < -0.3 is 9.47 Å². The minimum absolute atomic E-state index is 0.274. The van der Waals surface area contributed by atoms with Crippen molar-refractivity contribution in [3.05, 3.63) is 55.6 Å². The maximum Gasteiger partial charge on any atom is 0.271 e. The molecule has 7 heteroatoms. The van der Waals surface area contributed by atoms with Gasteiger partial charge in [-0.05, 0) is 64.6 Å². The second kappa shape index (κ2) is 8.30. The molecular weight excluding hydrogens is 475 g/mol. The summed E-state index contributed by atoms with van der Waals surface area (Å²) in [7, 11) is 3.16. The van der Waals surface area contributed by atoms with Gasteiger partial charge in [0.1, 0.15) is 0 Å². The van der Waals surface area contributed by atoms with E-state index in [4.69, 9.17) is 9.47 Å². The Kier molecular flexibility index (Phi) is 6.40. The number of amides is 1. The molecule has 0 heterocycles. The number of hydrogen-bond donors (Lipinski definition) is 1. The van der Waals surface area contributed by atoms with Crippen LogP contribution in [0.1, 0.15) is 15.9 Å². The van der Waals surface area contributed by atoms with Gasteiger partial charge in [0, 0.05) is 10.0 Å². The fourth-order valence-corrected chi connectivity index (χ4v) is 2.95. The highest BCUT2D eigenvalue weighted by atomic mass is 127. The molecule has 0 saturated heterocycles. The van der Waals surface area contributed by atoms with Crippen LogP contribution >= 0.6 is 38.5 Å². The van der Waals surface area contributed by atoms with Crippen LogP contribution in [-0.2, 0) is 0 Å². The van der Waals surface area contributed by atoms with E-state index in [0.717, 1.165) is 13.6 Å². The molecule has 2 aromatic rings. The van der Waals surface area contributed by atoms with E-state index in [-0.39, 0.29) is 5.91 Å². The molecule has 23 heavy (non-hydrogen) atoms. The molecule has 1 N–H and O–H groups in total. The van der Waals surface area contributed by atoms with Crippen LogP contribution in [0.25, 0.3) is 0 Å². The van der Waals surface area contributed by atoms with Gasteiger partial charge in [0.05, 0.1) is 24.0 Å². The highest BCUT2D eigenvalue weighted by Crippen LogP contribution is 2.32. The maximum atomic E-state index is 12.0. The molecule has 120 valence electrons. The van der Waals surface area contributed by atoms with E-state index in [1.54, 1.807) is 50.8 Å². The fourth-order valence-electron chi connectivity index (χ4n) is 1.84. The van der Waals surface area contributed by atoms with Crippen molar-refractivity contribution in [2.75, 3.05) is 14.2 Å². The van der Waals surface area contributed by atoms with Crippen LogP contribution in [0.3, 0.4) is 0 Å². The zero-order chi connectivity index (χ0) is 16.8. The quantitative estimate of drug-likeness (QED) is 0.395. The zero-order valence-electron chi connectivity index (χ0n) is 12.5. The third kappa shape index (κ3) is 4.68. The van der Waals surface area contributed by atoms with E-state index >= 15 is 0 Å². The lowest BCUT2D eigenvalue weighted by Crippen LogP contribution is -2.17. The summed E-state index contributed by atoms with van der Waals surface area (Å²) in [6, 6.07) is 10.7. The number of hydrogen-bond acceptors (Lipinski definition) is 4. The predicted octanol–water partition coefficient (Wildman–Crippen LogP) is 3.83. The number of benzene rings is 2. The largest absolute Gasteiger partial charge is 0.493 e. The van der Waals surface area contributed by atoms with Gasteiger partial charge in [-0.25, -0.2) is 5.43 Å². The molecule has 2 aromatic carbocycles. The molecule has 0 spiro atoms. The number of nitrogens with one attached hydrogen (secondary N) is 1. The van der Waals surface area contributed by atoms with Crippen molar-refractivity contribution in [2.45, 2.75) is 0 Å². The van der Waals surface area contributed by atoms with Crippen LogP contribution in [0, 0.1) is 3.57 Å². The van der Waals surface area contributed by atoms with Gasteiger partial charge in [0.2, 0.25) is 0 Å². The first-order valence-corrected chi connectivity index (χ1v) is 8.43. The molecule has 0 unspecified atom stereocenters. The molecule has 5 nitrogen and oxygen atoms in total. The lowest BCUT2D eigenvalue weighted by molar-refractivity contribution is 0.0955. The SMILES string of the molecule is COc1cc(/C=N\NC(=O)c2ccc(Br)cc2)cc(I)c1OC. The predicted molar refractivity (Wildman–Crippen MR) is 101 cm³/mol. The highest BCUT2D eigenvalue weighted by Gasteiger charge is 2.09. The Morgan fingerprint density at radius 3 is 2.52 bits per heavy atom. The number of halogens is 2. The maximum absolute atomic E-state index is 12.0. The normalized spacial score (nSPS) is 10.6. The lowest BCUT2D eigenvalue weighted by atomic mass is 10.2. The first-order valence-electron chi connectivity index (χ1n) is 6.55. The summed E-state index contributed by atoms with van der Waals surface area (Å²) < 4.78 is 12.4. The third-order valence-electron chi connectivity index (χ3n) is 2.94. The van der Waals surface area contributed by atoms with Crippen molar-refractivity contribution in [3.63, 3.8) is 0 Å². The molecule has 0 atom stereocenters. The van der Waals surface area contributed by atoms with Crippen LogP contribution in [0.5, 0.6) is 11.5 Å². The smallest absolute Gasteiger partial charge is 0.271 e. The van der Waals surface area contributed by atoms with Crippen molar-refractivity contribution in [1.29, 1.82) is 0 Å². The number of ether oxygens (including phenoxy) is 2. The summed E-state index contributed by atoms with van der Waals surface area (Å²) >= 11 is 5.48. The van der Waals surface area contributed by atoms with Crippen molar-refractivity contribution < 1.29 is 14.3 Å². The number of carbonyl (C=O) groups excluding carboxylic acids is 1. The summed E-state index contributed by atoms with van der Waals surface area (Å²) in [5.41, 5.74) is 3.82. The van der Waals surface area contributed by atoms with Gasteiger partial charge in [-0.3, -0.25) is 4.79 Å². The summed E-state index contributed by atoms with van der Waals surface area (Å²) in [6.45, 7) is 0. The molecule has 0 radical (unpaired) electrons. The van der Waals surface area contributed by atoms with Gasteiger partial charge in [-0.2, -0.15) is 5.10 Å². The number of carbonyl (C=O) groups is 1. The van der Waals surface area contributed by atoms with E-state index in [1.165, 1.54) is 0 Å². The number of hydrazone groups is 1. The molecule has 0 bridgehead atoms. The van der Waals surface area contributed by atoms with Gasteiger partial charge in [0.15, 0.2) is 11.5 Å². The minimum Gasteiger partial charge on any atom is -0.493 e. The van der Waals surface area contributed by atoms with Crippen molar-refractivity contribution in [1.82, 2.24) is 5.43 Å². The second-order valence-corrected chi connectivity index (χ2v) is 6.52. The van der Waals surface area contributed by atoms with Gasteiger partial charge in [-0.1, -0.05) is 15.9 Å². The van der Waals surface area contributed by atoms with Crippen LogP contribution in [0.2, 0.25) is 0 Å². The summed E-state index contributed by atoms with van der Waals surface area (Å²) in [5, 5.41) is 3.98. The Labute approximate surface area is 156 Å². The van der Waals surface area contributed by atoms with E-state index < -0.39 is 0 Å². The van der Waals surface area contributed by atoms with E-state index in [0.29, 0.717) is 17.1 Å². The monoisotopic (exact) mass is 488 g/mol. The molecule has 0 aliphatic rings. The molecule has 0 aliphatic carbocycles. The number of nitrogens with zero attached hydrogens (tertiary/aromatic N) is 1. The number of methoxy groups -OCH3 is 2. The lowest BCUT2D eigenvalue weighted by Gasteiger charge is -2.10. The average Bonchev–Trinajstić information content (AvgIpc) is 2.54. The van der Waals surface area contributed by atoms with Gasteiger partial charge in [0.25, 0.3) is 5.91 Å². The van der Waals surface area contributed by atoms with E-state index in [1.807, 2.05) is 6.07 Å². The fraction of sp³-hybridized carbons (Fsp3) is 0.125. The Morgan fingerprint density at radius 2 is 1.91 bits per heavy atom. The van der Waals surface area contributed by atoms with Crippen molar-refractivity contribution in [2.24, 2.45) is 5.10 Å². The standard InChI is InChI=1S/C16H14BrIN2O3/c1-22-14-8-10(7-13(18)15(14)23-2)9-19-20-16(21)11-3-5-12(17)6-4-11/h3-9H,1-2H3,(H,20,21)/b19-9-. The van der Waals surface area contributed by atoms with Gasteiger partial charge in [-0.15, -0.1) is 0 Å². The van der Waals surface area contributed by atoms with Crippen molar-refractivity contribution in [3.8, 4) is 11.5 Å². The Bertz CT molecular complexity index is 733. The third-order valence-corrected chi connectivity index (χ3v) is 4.27. The molecule has 0 saturated carbocycles. The molecule has 0 fully saturated rings. The summed E-state index contributed by atoms with van der Waals surface area (Å²) in [6.07, 6.45) is 1.56. The summed E-state index contributed by atoms with van der Waals surface area (Å²) in [5.74, 6) is 1.01. The van der Waals surface area contributed by atoms with Crippen LogP contribution in [0.15, 0.2) is 46.0 Å². The first kappa shape index (κ1) is 17.7. The Hall–Kier alpha value is -1.61. The molecule has 2 rings (SSSR count). The molecule has 0 aromatic heterocycles. The Morgan fingerprint density at radius 1 is 1.22 bits per heavy atom.